The SMILES string of the molecule is CCCCCc1ccc(N2CCN(S(=O)(=O)C3(C(=O)NO)CCOCC3)CC2)cc1.Cl. The summed E-state index contributed by atoms with van der Waals surface area (Å²) in [5.41, 5.74) is 3.98. The molecule has 2 N–H and O–H groups in total. The normalized spacial score (nSPS) is 19.5. The van der Waals surface area contributed by atoms with Gasteiger partial charge in [-0.3, -0.25) is 10.0 Å². The highest BCUT2D eigenvalue weighted by Gasteiger charge is 2.54. The van der Waals surface area contributed by atoms with Crippen LogP contribution >= 0.6 is 12.4 Å². The third kappa shape index (κ3) is 5.51. The molecule has 0 saturated carbocycles. The molecule has 0 atom stereocenters. The fourth-order valence-corrected chi connectivity index (χ4v) is 6.39. The first kappa shape index (κ1) is 25.9. The van der Waals surface area contributed by atoms with Crippen molar-refractivity contribution >= 4 is 34.0 Å². The average Bonchev–Trinajstić information content (AvgIpc) is 2.79. The molecule has 1 aromatic rings. The Morgan fingerprint density at radius 3 is 2.26 bits per heavy atom. The van der Waals surface area contributed by atoms with Crippen molar-refractivity contribution in [1.29, 1.82) is 0 Å². The van der Waals surface area contributed by atoms with Crippen LogP contribution in [0.3, 0.4) is 0 Å². The first-order chi connectivity index (χ1) is 14.4. The number of hydrogen-bond acceptors (Lipinski definition) is 6. The molecule has 31 heavy (non-hydrogen) atoms. The summed E-state index contributed by atoms with van der Waals surface area (Å²) < 4.78 is 31.7. The van der Waals surface area contributed by atoms with E-state index in [1.54, 1.807) is 5.48 Å². The van der Waals surface area contributed by atoms with Crippen LogP contribution < -0.4 is 10.4 Å². The van der Waals surface area contributed by atoms with Gasteiger partial charge in [-0.05, 0) is 30.5 Å². The molecule has 0 bridgehead atoms. The summed E-state index contributed by atoms with van der Waals surface area (Å²) in [6.45, 7) is 4.28. The van der Waals surface area contributed by atoms with E-state index in [9.17, 15) is 13.2 Å². The van der Waals surface area contributed by atoms with E-state index in [0.29, 0.717) is 26.2 Å². The van der Waals surface area contributed by atoms with E-state index in [-0.39, 0.29) is 38.5 Å². The molecule has 10 heteroatoms. The van der Waals surface area contributed by atoms with Gasteiger partial charge in [-0.2, -0.15) is 4.31 Å². The minimum Gasteiger partial charge on any atom is -0.381 e. The zero-order chi connectivity index (χ0) is 21.6. The Morgan fingerprint density at radius 2 is 1.71 bits per heavy atom. The number of amides is 1. The van der Waals surface area contributed by atoms with Crippen molar-refractivity contribution in [3.63, 3.8) is 0 Å². The predicted molar refractivity (Wildman–Crippen MR) is 122 cm³/mol. The average molecular weight is 476 g/mol. The molecule has 176 valence electrons. The molecule has 8 nitrogen and oxygen atoms in total. The van der Waals surface area contributed by atoms with Crippen LogP contribution in [0.5, 0.6) is 0 Å². The zero-order valence-electron chi connectivity index (χ0n) is 18.1. The van der Waals surface area contributed by atoms with Crippen LogP contribution in [0.4, 0.5) is 5.69 Å². The van der Waals surface area contributed by atoms with Crippen molar-refractivity contribution in [2.75, 3.05) is 44.3 Å². The summed E-state index contributed by atoms with van der Waals surface area (Å²) in [6.07, 6.45) is 4.81. The van der Waals surface area contributed by atoms with Crippen LogP contribution in [0, 0.1) is 0 Å². The molecule has 2 aliphatic heterocycles. The van der Waals surface area contributed by atoms with Gasteiger partial charge in [-0.15, -0.1) is 12.4 Å². The number of rotatable bonds is 8. The topological polar surface area (TPSA) is 99.2 Å². The van der Waals surface area contributed by atoms with Gasteiger partial charge in [0, 0.05) is 57.9 Å². The maximum Gasteiger partial charge on any atom is 0.266 e. The Hall–Kier alpha value is -1.39. The highest BCUT2D eigenvalue weighted by molar-refractivity contribution is 7.91. The number of nitrogens with one attached hydrogen (secondary N) is 1. The number of halogens is 1. The van der Waals surface area contributed by atoms with Crippen molar-refractivity contribution < 1.29 is 23.2 Å². The van der Waals surface area contributed by atoms with E-state index < -0.39 is 20.7 Å². The largest absolute Gasteiger partial charge is 0.381 e. The molecule has 3 rings (SSSR count). The first-order valence-electron chi connectivity index (χ1n) is 10.8. The van der Waals surface area contributed by atoms with Crippen molar-refractivity contribution in [1.82, 2.24) is 9.79 Å². The second kappa shape index (κ2) is 11.5. The Kier molecular flexibility index (Phi) is 9.57. The number of ether oxygens (including phenoxy) is 1. The number of aryl methyl sites for hydroxylation is 1. The number of hydroxylamine groups is 1. The Balaban J connectivity index is 0.00000341. The van der Waals surface area contributed by atoms with E-state index in [2.05, 4.69) is 36.1 Å². The number of piperazine rings is 1. The van der Waals surface area contributed by atoms with Crippen LogP contribution in [-0.4, -0.2) is 68.0 Å². The minimum absolute atomic E-state index is 0. The summed E-state index contributed by atoms with van der Waals surface area (Å²) in [5.74, 6) is -0.869. The first-order valence-corrected chi connectivity index (χ1v) is 12.2. The molecule has 2 saturated heterocycles. The Morgan fingerprint density at radius 1 is 1.10 bits per heavy atom. The van der Waals surface area contributed by atoms with Crippen molar-refractivity contribution in [3.8, 4) is 0 Å². The molecule has 0 aromatic heterocycles. The number of carbonyl (C=O) groups excluding carboxylic acids is 1. The molecule has 1 aromatic carbocycles. The van der Waals surface area contributed by atoms with Crippen LogP contribution in [0.1, 0.15) is 44.6 Å². The number of carbonyl (C=O) groups is 1. The molecular formula is C21H34ClN3O5S. The fraction of sp³-hybridized carbons (Fsp3) is 0.667. The van der Waals surface area contributed by atoms with Crippen LogP contribution in [-0.2, 0) is 26.0 Å². The maximum atomic E-state index is 13.4. The Bertz CT molecular complexity index is 805. The molecule has 2 aliphatic rings. The van der Waals surface area contributed by atoms with Crippen molar-refractivity contribution in [2.45, 2.75) is 50.2 Å². The summed E-state index contributed by atoms with van der Waals surface area (Å²) in [6, 6.07) is 8.50. The lowest BCUT2D eigenvalue weighted by Crippen LogP contribution is -2.62. The molecule has 2 heterocycles. The lowest BCUT2D eigenvalue weighted by atomic mass is 9.98. The second-order valence-corrected chi connectivity index (χ2v) is 10.3. The molecule has 2 fully saturated rings. The van der Waals surface area contributed by atoms with Crippen molar-refractivity contribution in [2.24, 2.45) is 0 Å². The summed E-state index contributed by atoms with van der Waals surface area (Å²) in [4.78, 5) is 14.5. The van der Waals surface area contributed by atoms with Crippen LogP contribution in [0.2, 0.25) is 0 Å². The second-order valence-electron chi connectivity index (χ2n) is 8.06. The lowest BCUT2D eigenvalue weighted by Gasteiger charge is -2.42. The van der Waals surface area contributed by atoms with Gasteiger partial charge in [-0.25, -0.2) is 13.9 Å². The summed E-state index contributed by atoms with van der Waals surface area (Å²) in [5, 5.41) is 9.16. The molecule has 0 spiro atoms. The number of anilines is 1. The molecule has 0 unspecified atom stereocenters. The highest BCUT2D eigenvalue weighted by Crippen LogP contribution is 2.33. The van der Waals surface area contributed by atoms with Gasteiger partial charge in [-0.1, -0.05) is 31.9 Å². The van der Waals surface area contributed by atoms with Crippen LogP contribution in [0.25, 0.3) is 0 Å². The number of sulfonamides is 1. The summed E-state index contributed by atoms with van der Waals surface area (Å²) >= 11 is 0. The van der Waals surface area contributed by atoms with Gasteiger partial charge in [0.1, 0.15) is 0 Å². The number of benzene rings is 1. The number of hydrogen-bond donors (Lipinski definition) is 2. The monoisotopic (exact) mass is 475 g/mol. The summed E-state index contributed by atoms with van der Waals surface area (Å²) in [7, 11) is -3.93. The van der Waals surface area contributed by atoms with E-state index >= 15 is 0 Å². The lowest BCUT2D eigenvalue weighted by molar-refractivity contribution is -0.134. The fourth-order valence-electron chi connectivity index (χ4n) is 4.29. The van der Waals surface area contributed by atoms with Gasteiger partial charge < -0.3 is 9.64 Å². The minimum atomic E-state index is -3.93. The van der Waals surface area contributed by atoms with Gasteiger partial charge in [0.2, 0.25) is 10.0 Å². The molecule has 1 amide bonds. The third-order valence-corrected chi connectivity index (χ3v) is 8.88. The van der Waals surface area contributed by atoms with Gasteiger partial charge in [0.05, 0.1) is 0 Å². The third-order valence-electron chi connectivity index (χ3n) is 6.26. The van der Waals surface area contributed by atoms with Crippen molar-refractivity contribution in [3.05, 3.63) is 29.8 Å². The smallest absolute Gasteiger partial charge is 0.266 e. The van der Waals surface area contributed by atoms with E-state index in [1.165, 1.54) is 29.1 Å². The molecule has 0 radical (unpaired) electrons. The molecular weight excluding hydrogens is 442 g/mol. The predicted octanol–water partition coefficient (Wildman–Crippen LogP) is 2.35. The van der Waals surface area contributed by atoms with Gasteiger partial charge in [0.25, 0.3) is 5.91 Å². The quantitative estimate of drug-likeness (QED) is 0.340. The highest BCUT2D eigenvalue weighted by atomic mass is 35.5. The maximum absolute atomic E-state index is 13.4. The van der Waals surface area contributed by atoms with E-state index in [1.807, 2.05) is 0 Å². The number of unbranched alkanes of at least 4 members (excludes halogenated alkanes) is 2. The number of nitrogens with zero attached hydrogens (tertiary/aromatic N) is 2. The van der Waals surface area contributed by atoms with E-state index in [4.69, 9.17) is 9.94 Å². The van der Waals surface area contributed by atoms with E-state index in [0.717, 1.165) is 12.1 Å². The van der Waals surface area contributed by atoms with Gasteiger partial charge >= 0.3 is 0 Å². The standard InChI is InChI=1S/C21H33N3O5S.ClH/c1-2-3-4-5-18-6-8-19(9-7-18)23-12-14-24(15-13-23)30(27,28)21(20(25)22-26)10-16-29-17-11-21;/h6-9,26H,2-5,10-17H2,1H3,(H,22,25);1H. The van der Waals surface area contributed by atoms with Crippen LogP contribution in [0.15, 0.2) is 24.3 Å². The Labute approximate surface area is 191 Å². The van der Waals surface area contributed by atoms with Gasteiger partial charge in [0.15, 0.2) is 4.75 Å². The zero-order valence-corrected chi connectivity index (χ0v) is 19.7. The molecule has 0 aliphatic carbocycles.